The van der Waals surface area contributed by atoms with E-state index in [-0.39, 0.29) is 5.56 Å². The molecule has 0 aliphatic rings. The first-order valence-corrected chi connectivity index (χ1v) is 3.65. The van der Waals surface area contributed by atoms with E-state index < -0.39 is 22.4 Å². The van der Waals surface area contributed by atoms with Crippen LogP contribution in [0.2, 0.25) is 0 Å². The van der Waals surface area contributed by atoms with Crippen LogP contribution in [0.4, 0.5) is 18.9 Å². The Kier molecular flexibility index (Phi) is 2.46. The number of aryl methyl sites for hydroxylation is 1. The van der Waals surface area contributed by atoms with Crippen LogP contribution >= 0.6 is 0 Å². The molecule has 0 aromatic heterocycles. The summed E-state index contributed by atoms with van der Waals surface area (Å²) < 4.78 is 36.9. The van der Waals surface area contributed by atoms with Crippen LogP contribution < -0.4 is 0 Å². The van der Waals surface area contributed by atoms with Gasteiger partial charge in [0.1, 0.15) is 5.56 Å². The molecule has 0 saturated carbocycles. The molecule has 0 aliphatic carbocycles. The standard InChI is InChI=1S/C8H6F3NO2/c1-5-3-2-4-6(8(9,10)11)7(5)12(13)14/h2-4H,1H3. The van der Waals surface area contributed by atoms with E-state index in [9.17, 15) is 23.3 Å². The van der Waals surface area contributed by atoms with E-state index in [0.29, 0.717) is 6.07 Å². The second-order valence-electron chi connectivity index (χ2n) is 2.73. The quantitative estimate of drug-likeness (QED) is 0.522. The van der Waals surface area contributed by atoms with Crippen LogP contribution in [0.15, 0.2) is 18.2 Å². The third-order valence-corrected chi connectivity index (χ3v) is 1.73. The van der Waals surface area contributed by atoms with Crippen LogP contribution in [0.1, 0.15) is 11.1 Å². The summed E-state index contributed by atoms with van der Waals surface area (Å²) in [6, 6.07) is 3.11. The van der Waals surface area contributed by atoms with Gasteiger partial charge < -0.3 is 0 Å². The fourth-order valence-electron chi connectivity index (χ4n) is 1.13. The lowest BCUT2D eigenvalue weighted by molar-refractivity contribution is -0.388. The van der Waals surface area contributed by atoms with Crippen LogP contribution in [-0.4, -0.2) is 4.92 Å². The Bertz CT molecular complexity index is 373. The van der Waals surface area contributed by atoms with Crippen LogP contribution in [0.5, 0.6) is 0 Å². The van der Waals surface area contributed by atoms with Crippen molar-refractivity contribution in [3.05, 3.63) is 39.4 Å². The second kappa shape index (κ2) is 3.28. The van der Waals surface area contributed by atoms with Crippen LogP contribution in [0, 0.1) is 17.0 Å². The van der Waals surface area contributed by atoms with Gasteiger partial charge in [-0.05, 0) is 13.0 Å². The topological polar surface area (TPSA) is 43.1 Å². The number of rotatable bonds is 1. The number of benzene rings is 1. The smallest absolute Gasteiger partial charge is 0.258 e. The van der Waals surface area contributed by atoms with Gasteiger partial charge in [-0.2, -0.15) is 13.2 Å². The Hall–Kier alpha value is -1.59. The predicted octanol–water partition coefficient (Wildman–Crippen LogP) is 2.92. The lowest BCUT2D eigenvalue weighted by Gasteiger charge is -2.08. The van der Waals surface area contributed by atoms with Gasteiger partial charge in [0, 0.05) is 5.56 Å². The van der Waals surface area contributed by atoms with Crippen molar-refractivity contribution in [2.75, 3.05) is 0 Å². The summed E-state index contributed by atoms with van der Waals surface area (Å²) in [5, 5.41) is 10.4. The molecule has 0 N–H and O–H groups in total. The van der Waals surface area contributed by atoms with E-state index in [1.165, 1.54) is 13.0 Å². The SMILES string of the molecule is Cc1cccc(C(F)(F)F)c1[N+](=O)[O-]. The molecule has 1 aromatic carbocycles. The lowest BCUT2D eigenvalue weighted by Crippen LogP contribution is -2.09. The Labute approximate surface area is 77.3 Å². The Morgan fingerprint density at radius 2 is 1.93 bits per heavy atom. The molecule has 0 atom stereocenters. The average Bonchev–Trinajstić information content (AvgIpc) is 2.01. The van der Waals surface area contributed by atoms with Crippen molar-refractivity contribution in [2.24, 2.45) is 0 Å². The van der Waals surface area contributed by atoms with Crippen LogP contribution in [0.25, 0.3) is 0 Å². The number of hydrogen-bond donors (Lipinski definition) is 0. The first kappa shape index (κ1) is 10.5. The van der Waals surface area contributed by atoms with Gasteiger partial charge in [-0.15, -0.1) is 0 Å². The second-order valence-corrected chi connectivity index (χ2v) is 2.73. The molecule has 0 fully saturated rings. The third kappa shape index (κ3) is 1.84. The van der Waals surface area contributed by atoms with E-state index in [1.807, 2.05) is 0 Å². The van der Waals surface area contributed by atoms with Crippen molar-refractivity contribution in [3.63, 3.8) is 0 Å². The molecule has 1 aromatic rings. The minimum Gasteiger partial charge on any atom is -0.258 e. The number of nitro groups is 1. The maximum Gasteiger partial charge on any atom is 0.423 e. The number of hydrogen-bond acceptors (Lipinski definition) is 2. The van der Waals surface area contributed by atoms with Gasteiger partial charge in [0.25, 0.3) is 5.69 Å². The summed E-state index contributed by atoms with van der Waals surface area (Å²) in [6.45, 7) is 1.27. The molecule has 0 heterocycles. The number of nitrogens with zero attached hydrogens (tertiary/aromatic N) is 1. The zero-order valence-electron chi connectivity index (χ0n) is 7.13. The molecule has 0 unspecified atom stereocenters. The molecule has 0 spiro atoms. The molecule has 0 aliphatic heterocycles. The molecule has 0 amide bonds. The first-order valence-electron chi connectivity index (χ1n) is 3.65. The van der Waals surface area contributed by atoms with Crippen molar-refractivity contribution >= 4 is 5.69 Å². The van der Waals surface area contributed by atoms with E-state index >= 15 is 0 Å². The lowest BCUT2D eigenvalue weighted by atomic mass is 10.1. The number of nitro benzene ring substituents is 1. The fraction of sp³-hybridized carbons (Fsp3) is 0.250. The van der Waals surface area contributed by atoms with E-state index in [4.69, 9.17) is 0 Å². The van der Waals surface area contributed by atoms with Crippen molar-refractivity contribution in [1.29, 1.82) is 0 Å². The average molecular weight is 205 g/mol. The first-order chi connectivity index (χ1) is 6.34. The Balaban J connectivity index is 3.44. The van der Waals surface area contributed by atoms with Crippen molar-refractivity contribution in [1.82, 2.24) is 0 Å². The summed E-state index contributed by atoms with van der Waals surface area (Å²) >= 11 is 0. The summed E-state index contributed by atoms with van der Waals surface area (Å²) in [5.74, 6) is 0. The van der Waals surface area contributed by atoms with Crippen molar-refractivity contribution in [3.8, 4) is 0 Å². The molecule has 0 bridgehead atoms. The summed E-state index contributed by atoms with van der Waals surface area (Å²) in [6.07, 6.45) is -4.69. The van der Waals surface area contributed by atoms with Gasteiger partial charge in [0.15, 0.2) is 0 Å². The van der Waals surface area contributed by atoms with E-state index in [2.05, 4.69) is 0 Å². The highest BCUT2D eigenvalue weighted by Gasteiger charge is 2.38. The largest absolute Gasteiger partial charge is 0.423 e. The van der Waals surface area contributed by atoms with Gasteiger partial charge in [0.2, 0.25) is 0 Å². The molecular formula is C8H6F3NO2. The third-order valence-electron chi connectivity index (χ3n) is 1.73. The fourth-order valence-corrected chi connectivity index (χ4v) is 1.13. The highest BCUT2D eigenvalue weighted by atomic mass is 19.4. The molecule has 14 heavy (non-hydrogen) atoms. The van der Waals surface area contributed by atoms with Gasteiger partial charge in [-0.3, -0.25) is 10.1 Å². The zero-order valence-corrected chi connectivity index (χ0v) is 7.13. The van der Waals surface area contributed by atoms with Gasteiger partial charge in [0.05, 0.1) is 4.92 Å². The van der Waals surface area contributed by atoms with E-state index in [0.717, 1.165) is 6.07 Å². The van der Waals surface area contributed by atoms with Gasteiger partial charge in [-0.25, -0.2) is 0 Å². The Morgan fingerprint density at radius 1 is 1.36 bits per heavy atom. The number of para-hydroxylation sites is 1. The minimum absolute atomic E-state index is 0.00447. The maximum atomic E-state index is 12.3. The molecular weight excluding hydrogens is 199 g/mol. The maximum absolute atomic E-state index is 12.3. The molecule has 3 nitrogen and oxygen atoms in total. The highest BCUT2D eigenvalue weighted by molar-refractivity contribution is 5.48. The van der Waals surface area contributed by atoms with Crippen LogP contribution in [-0.2, 0) is 6.18 Å². The normalized spacial score (nSPS) is 11.4. The van der Waals surface area contributed by atoms with Crippen molar-refractivity contribution in [2.45, 2.75) is 13.1 Å². The number of halogens is 3. The monoisotopic (exact) mass is 205 g/mol. The van der Waals surface area contributed by atoms with E-state index in [1.54, 1.807) is 0 Å². The van der Waals surface area contributed by atoms with Crippen LogP contribution in [0.3, 0.4) is 0 Å². The zero-order chi connectivity index (χ0) is 10.9. The molecule has 1 rings (SSSR count). The minimum atomic E-state index is -4.69. The molecule has 0 radical (unpaired) electrons. The molecule has 6 heteroatoms. The summed E-state index contributed by atoms with van der Waals surface area (Å²) in [4.78, 5) is 9.38. The predicted molar refractivity (Wildman–Crippen MR) is 42.8 cm³/mol. The highest BCUT2D eigenvalue weighted by Crippen LogP contribution is 2.37. The van der Waals surface area contributed by atoms with Crippen molar-refractivity contribution < 1.29 is 18.1 Å². The van der Waals surface area contributed by atoms with Gasteiger partial charge in [-0.1, -0.05) is 12.1 Å². The molecule has 76 valence electrons. The summed E-state index contributed by atoms with van der Waals surface area (Å²) in [5.41, 5.74) is -2.08. The number of alkyl halides is 3. The molecule has 0 saturated heterocycles. The summed E-state index contributed by atoms with van der Waals surface area (Å²) in [7, 11) is 0. The Morgan fingerprint density at radius 3 is 2.29 bits per heavy atom. The van der Waals surface area contributed by atoms with Gasteiger partial charge >= 0.3 is 6.18 Å².